The van der Waals surface area contributed by atoms with Gasteiger partial charge in [-0.3, -0.25) is 4.79 Å². The van der Waals surface area contributed by atoms with Crippen LogP contribution in [-0.2, 0) is 11.3 Å². The first-order chi connectivity index (χ1) is 12.6. The van der Waals surface area contributed by atoms with E-state index < -0.39 is 5.97 Å². The second-order valence-electron chi connectivity index (χ2n) is 5.37. The highest BCUT2D eigenvalue weighted by Crippen LogP contribution is 2.23. The van der Waals surface area contributed by atoms with Gasteiger partial charge in [0.2, 0.25) is 5.78 Å². The van der Waals surface area contributed by atoms with Crippen molar-refractivity contribution >= 4 is 34.7 Å². The largest absolute Gasteiger partial charge is 0.488 e. The number of thiophene rings is 1. The minimum atomic E-state index is -0.607. The third-order valence-electron chi connectivity index (χ3n) is 3.53. The number of benzene rings is 2. The molecule has 0 aliphatic heterocycles. The molecule has 0 unspecified atom stereocenters. The topological polar surface area (TPSA) is 52.6 Å². The molecule has 0 fully saturated rings. The van der Waals surface area contributed by atoms with Crippen molar-refractivity contribution < 1.29 is 19.1 Å². The molecule has 0 saturated carbocycles. The number of hydrogen-bond acceptors (Lipinski definition) is 5. The molecular formula is C20H15ClO4S. The van der Waals surface area contributed by atoms with Crippen molar-refractivity contribution in [1.82, 2.24) is 0 Å². The summed E-state index contributed by atoms with van der Waals surface area (Å²) >= 11 is 6.96. The fourth-order valence-corrected chi connectivity index (χ4v) is 3.21. The van der Waals surface area contributed by atoms with Gasteiger partial charge in [0.1, 0.15) is 17.9 Å². The number of Topliss-reactive ketones (excluding diaryl/α,β-unsaturated/α-hetero) is 1. The zero-order valence-corrected chi connectivity index (χ0v) is 15.3. The SMILES string of the molecule is O=C(COC(=O)c1ccccc1OCc1ccccc1)c1ccc(Cl)s1. The van der Waals surface area contributed by atoms with Crippen LogP contribution in [-0.4, -0.2) is 18.4 Å². The number of halogens is 1. The van der Waals surface area contributed by atoms with Crippen LogP contribution in [0.4, 0.5) is 0 Å². The summed E-state index contributed by atoms with van der Waals surface area (Å²) in [5.74, 6) is -0.490. The third-order valence-corrected chi connectivity index (χ3v) is 4.80. The monoisotopic (exact) mass is 386 g/mol. The molecule has 26 heavy (non-hydrogen) atoms. The number of rotatable bonds is 7. The molecule has 0 N–H and O–H groups in total. The average molecular weight is 387 g/mol. The van der Waals surface area contributed by atoms with Crippen molar-refractivity contribution in [2.75, 3.05) is 6.61 Å². The fraction of sp³-hybridized carbons (Fsp3) is 0.100. The van der Waals surface area contributed by atoms with Crippen molar-refractivity contribution in [3.05, 3.63) is 87.1 Å². The second-order valence-corrected chi connectivity index (χ2v) is 7.09. The van der Waals surface area contributed by atoms with Crippen molar-refractivity contribution in [3.63, 3.8) is 0 Å². The number of ether oxygens (including phenoxy) is 2. The molecule has 1 heterocycles. The van der Waals surface area contributed by atoms with Crippen molar-refractivity contribution in [1.29, 1.82) is 0 Å². The Labute approximate surface area is 159 Å². The Kier molecular flexibility index (Phi) is 6.04. The molecule has 6 heteroatoms. The first-order valence-electron chi connectivity index (χ1n) is 7.85. The highest BCUT2D eigenvalue weighted by atomic mass is 35.5. The quantitative estimate of drug-likeness (QED) is 0.422. The van der Waals surface area contributed by atoms with Crippen molar-refractivity contribution in [2.45, 2.75) is 6.61 Å². The maximum absolute atomic E-state index is 12.3. The predicted octanol–water partition coefficient (Wildman–Crippen LogP) is 5.02. The summed E-state index contributed by atoms with van der Waals surface area (Å²) in [5, 5.41) is 0. The molecule has 2 aromatic carbocycles. The predicted molar refractivity (Wildman–Crippen MR) is 101 cm³/mol. The first-order valence-corrected chi connectivity index (χ1v) is 9.04. The number of ketones is 1. The van der Waals surface area contributed by atoms with Crippen LogP contribution in [0.2, 0.25) is 4.34 Å². The van der Waals surface area contributed by atoms with E-state index in [0.717, 1.165) is 16.9 Å². The van der Waals surface area contributed by atoms with Crippen LogP contribution >= 0.6 is 22.9 Å². The molecule has 132 valence electrons. The Morgan fingerprint density at radius 2 is 1.65 bits per heavy atom. The molecule has 0 spiro atoms. The lowest BCUT2D eigenvalue weighted by Gasteiger charge is -2.11. The van der Waals surface area contributed by atoms with Gasteiger partial charge in [0.15, 0.2) is 6.61 Å². The number of esters is 1. The van der Waals surface area contributed by atoms with E-state index in [1.165, 1.54) is 0 Å². The van der Waals surface area contributed by atoms with Crippen LogP contribution in [0.1, 0.15) is 25.6 Å². The van der Waals surface area contributed by atoms with Gasteiger partial charge in [-0.2, -0.15) is 0 Å². The second kappa shape index (κ2) is 8.65. The van der Waals surface area contributed by atoms with Crippen molar-refractivity contribution in [3.8, 4) is 5.75 Å². The van der Waals surface area contributed by atoms with Gasteiger partial charge in [-0.1, -0.05) is 54.1 Å². The molecule has 1 aromatic heterocycles. The maximum atomic E-state index is 12.3. The van der Waals surface area contributed by atoms with E-state index in [4.69, 9.17) is 21.1 Å². The molecule has 3 rings (SSSR count). The minimum absolute atomic E-state index is 0.278. The minimum Gasteiger partial charge on any atom is -0.488 e. The van der Waals surface area contributed by atoms with Crippen LogP contribution in [0.3, 0.4) is 0 Å². The van der Waals surface area contributed by atoms with Gasteiger partial charge in [-0.15, -0.1) is 11.3 Å². The normalized spacial score (nSPS) is 10.3. The molecule has 0 atom stereocenters. The van der Waals surface area contributed by atoms with Gasteiger partial charge in [0.25, 0.3) is 0 Å². The lowest BCUT2D eigenvalue weighted by atomic mass is 10.2. The van der Waals surface area contributed by atoms with Crippen molar-refractivity contribution in [2.24, 2.45) is 0 Å². The van der Waals surface area contributed by atoms with Crippen LogP contribution in [0.5, 0.6) is 5.75 Å². The Balaban J connectivity index is 1.63. The Bertz CT molecular complexity index is 905. The van der Waals surface area contributed by atoms with Crippen LogP contribution in [0.15, 0.2) is 66.7 Å². The summed E-state index contributed by atoms with van der Waals surface area (Å²) < 4.78 is 11.4. The molecular weight excluding hydrogens is 372 g/mol. The Morgan fingerprint density at radius 1 is 0.923 bits per heavy atom. The number of carbonyl (C=O) groups is 2. The highest BCUT2D eigenvalue weighted by molar-refractivity contribution is 7.18. The summed E-state index contributed by atoms with van der Waals surface area (Å²) in [6, 6.07) is 19.7. The van der Waals surface area contributed by atoms with E-state index in [0.29, 0.717) is 21.6 Å². The van der Waals surface area contributed by atoms with Gasteiger partial charge in [-0.05, 0) is 29.8 Å². The molecule has 0 bridgehead atoms. The summed E-state index contributed by atoms with van der Waals surface area (Å²) in [6.45, 7) is -0.0134. The molecule has 0 saturated heterocycles. The lowest BCUT2D eigenvalue weighted by molar-refractivity contribution is 0.0471. The standard InChI is InChI=1S/C20H15ClO4S/c21-19-11-10-18(26-19)16(22)13-25-20(23)15-8-4-5-9-17(15)24-12-14-6-2-1-3-7-14/h1-11H,12-13H2. The number of carbonyl (C=O) groups excluding carboxylic acids is 2. The van der Waals surface area contributed by atoms with E-state index in [-0.39, 0.29) is 18.0 Å². The van der Waals surface area contributed by atoms with Gasteiger partial charge in [-0.25, -0.2) is 4.79 Å². The highest BCUT2D eigenvalue weighted by Gasteiger charge is 2.17. The first kappa shape index (κ1) is 18.2. The van der Waals surface area contributed by atoms with Crippen LogP contribution in [0, 0.1) is 0 Å². The fourth-order valence-electron chi connectivity index (χ4n) is 2.24. The van der Waals surface area contributed by atoms with E-state index >= 15 is 0 Å². The van der Waals surface area contributed by atoms with E-state index in [9.17, 15) is 9.59 Å². The zero-order chi connectivity index (χ0) is 18.4. The lowest BCUT2D eigenvalue weighted by Crippen LogP contribution is -2.14. The van der Waals surface area contributed by atoms with Crippen LogP contribution < -0.4 is 4.74 Å². The third kappa shape index (κ3) is 4.71. The maximum Gasteiger partial charge on any atom is 0.342 e. The molecule has 3 aromatic rings. The average Bonchev–Trinajstić information content (AvgIpc) is 3.12. The van der Waals surface area contributed by atoms with Gasteiger partial charge in [0.05, 0.1) is 9.21 Å². The molecule has 0 amide bonds. The van der Waals surface area contributed by atoms with E-state index in [1.54, 1.807) is 36.4 Å². The summed E-state index contributed by atoms with van der Waals surface area (Å²) in [5.41, 5.74) is 1.26. The number of hydrogen-bond donors (Lipinski definition) is 0. The van der Waals surface area contributed by atoms with Gasteiger partial charge in [0, 0.05) is 0 Å². The summed E-state index contributed by atoms with van der Waals surface area (Å²) in [7, 11) is 0. The Morgan fingerprint density at radius 3 is 2.38 bits per heavy atom. The molecule has 0 aliphatic carbocycles. The van der Waals surface area contributed by atoms with E-state index in [2.05, 4.69) is 0 Å². The molecule has 0 radical (unpaired) electrons. The molecule has 4 nitrogen and oxygen atoms in total. The number of para-hydroxylation sites is 1. The smallest absolute Gasteiger partial charge is 0.342 e. The summed E-state index contributed by atoms with van der Waals surface area (Å²) in [6.07, 6.45) is 0. The zero-order valence-electron chi connectivity index (χ0n) is 13.7. The van der Waals surface area contributed by atoms with Crippen LogP contribution in [0.25, 0.3) is 0 Å². The molecule has 0 aliphatic rings. The van der Waals surface area contributed by atoms with Gasteiger partial charge < -0.3 is 9.47 Å². The Hall–Kier alpha value is -2.63. The van der Waals surface area contributed by atoms with Gasteiger partial charge >= 0.3 is 5.97 Å². The summed E-state index contributed by atoms with van der Waals surface area (Å²) in [4.78, 5) is 24.8. The van der Waals surface area contributed by atoms with E-state index in [1.807, 2.05) is 30.3 Å².